The smallest absolute Gasteiger partial charge is 0.409 e. The Balaban J connectivity index is 1.53. The van der Waals surface area contributed by atoms with Crippen LogP contribution in [0.3, 0.4) is 0 Å². The molecule has 7 heteroatoms. The molecule has 2 aliphatic rings. The molecule has 26 heavy (non-hydrogen) atoms. The average Bonchev–Trinajstić information content (AvgIpc) is 2.67. The second-order valence-corrected chi connectivity index (χ2v) is 6.58. The van der Waals surface area contributed by atoms with Gasteiger partial charge in [0.1, 0.15) is 13.2 Å². The number of fused-ring (bicyclic) bond motifs is 1. The summed E-state index contributed by atoms with van der Waals surface area (Å²) >= 11 is 0. The molecule has 7 nitrogen and oxygen atoms in total. The molecule has 0 aromatic heterocycles. The van der Waals surface area contributed by atoms with Gasteiger partial charge in [0.15, 0.2) is 11.5 Å². The summed E-state index contributed by atoms with van der Waals surface area (Å²) in [7, 11) is 0. The van der Waals surface area contributed by atoms with Gasteiger partial charge in [-0.25, -0.2) is 4.79 Å². The number of rotatable bonds is 4. The molecule has 2 aliphatic heterocycles. The van der Waals surface area contributed by atoms with Crippen molar-refractivity contribution in [2.24, 2.45) is 0 Å². The van der Waals surface area contributed by atoms with E-state index in [9.17, 15) is 9.59 Å². The number of ether oxygens (including phenoxy) is 3. The van der Waals surface area contributed by atoms with E-state index < -0.39 is 0 Å². The second kappa shape index (κ2) is 8.29. The molecule has 0 aliphatic carbocycles. The zero-order chi connectivity index (χ0) is 18.5. The maximum Gasteiger partial charge on any atom is 0.409 e. The van der Waals surface area contributed by atoms with Gasteiger partial charge in [-0.3, -0.25) is 4.79 Å². The van der Waals surface area contributed by atoms with Crippen molar-refractivity contribution in [3.63, 3.8) is 0 Å². The maximum atomic E-state index is 12.6. The molecule has 0 radical (unpaired) electrons. The summed E-state index contributed by atoms with van der Waals surface area (Å²) in [5, 5.41) is 0. The summed E-state index contributed by atoms with van der Waals surface area (Å²) in [5.41, 5.74) is 1.06. The van der Waals surface area contributed by atoms with E-state index in [1.807, 2.05) is 30.0 Å². The normalized spacial score (nSPS) is 17.6. The van der Waals surface area contributed by atoms with Gasteiger partial charge in [0.05, 0.1) is 6.61 Å². The highest BCUT2D eigenvalue weighted by Gasteiger charge is 2.26. The third kappa shape index (κ3) is 4.20. The van der Waals surface area contributed by atoms with E-state index in [0.29, 0.717) is 52.4 Å². The molecular formula is C19H26N2O5. The lowest BCUT2D eigenvalue weighted by Gasteiger charge is -2.34. The van der Waals surface area contributed by atoms with Crippen LogP contribution in [-0.2, 0) is 9.53 Å². The van der Waals surface area contributed by atoms with Gasteiger partial charge >= 0.3 is 6.09 Å². The minimum atomic E-state index is -0.302. The lowest BCUT2D eigenvalue weighted by atomic mass is 9.96. The molecule has 0 N–H and O–H groups in total. The van der Waals surface area contributed by atoms with Crippen molar-refractivity contribution in [1.29, 1.82) is 0 Å². The van der Waals surface area contributed by atoms with Crippen LogP contribution in [0, 0.1) is 0 Å². The van der Waals surface area contributed by atoms with Crippen molar-refractivity contribution in [1.82, 2.24) is 9.80 Å². The van der Waals surface area contributed by atoms with Crippen LogP contribution in [0.1, 0.15) is 31.7 Å². The Morgan fingerprint density at radius 2 is 1.73 bits per heavy atom. The van der Waals surface area contributed by atoms with Crippen LogP contribution in [0.25, 0.3) is 0 Å². The maximum absolute atomic E-state index is 12.6. The largest absolute Gasteiger partial charge is 0.486 e. The molecular weight excluding hydrogens is 336 g/mol. The van der Waals surface area contributed by atoms with Crippen molar-refractivity contribution in [2.75, 3.05) is 46.0 Å². The first kappa shape index (κ1) is 18.4. The summed E-state index contributed by atoms with van der Waals surface area (Å²) in [4.78, 5) is 27.8. The molecule has 3 rings (SSSR count). The van der Waals surface area contributed by atoms with Crippen molar-refractivity contribution in [3.05, 3.63) is 23.8 Å². The summed E-state index contributed by atoms with van der Waals surface area (Å²) < 4.78 is 16.2. The van der Waals surface area contributed by atoms with Crippen LogP contribution in [0.15, 0.2) is 18.2 Å². The lowest BCUT2D eigenvalue weighted by molar-refractivity contribution is -0.133. The van der Waals surface area contributed by atoms with E-state index in [0.717, 1.165) is 17.1 Å². The Hall–Kier alpha value is -2.44. The molecule has 142 valence electrons. The van der Waals surface area contributed by atoms with Gasteiger partial charge in [0, 0.05) is 32.6 Å². The number of benzene rings is 1. The topological polar surface area (TPSA) is 68.3 Å². The SMILES string of the molecule is CCOC(=O)N1CCN(C(=O)CC(C)c2ccc3c(c2)OCCO3)CC1. The number of hydrogen-bond acceptors (Lipinski definition) is 5. The first-order valence-corrected chi connectivity index (χ1v) is 9.17. The molecule has 1 aromatic carbocycles. The monoisotopic (exact) mass is 362 g/mol. The number of hydrogen-bond donors (Lipinski definition) is 0. The van der Waals surface area contributed by atoms with Crippen LogP contribution in [-0.4, -0.2) is 67.8 Å². The minimum Gasteiger partial charge on any atom is -0.486 e. The van der Waals surface area contributed by atoms with E-state index in [4.69, 9.17) is 14.2 Å². The molecule has 1 fully saturated rings. The van der Waals surface area contributed by atoms with Crippen LogP contribution in [0.2, 0.25) is 0 Å². The Labute approximate surface area is 153 Å². The third-order valence-electron chi connectivity index (χ3n) is 4.77. The highest BCUT2D eigenvalue weighted by molar-refractivity contribution is 5.77. The molecule has 1 atom stereocenters. The highest BCUT2D eigenvalue weighted by atomic mass is 16.6. The van der Waals surface area contributed by atoms with Crippen molar-refractivity contribution in [2.45, 2.75) is 26.2 Å². The molecule has 1 unspecified atom stereocenters. The summed E-state index contributed by atoms with van der Waals surface area (Å²) in [5.74, 6) is 1.70. The number of carbonyl (C=O) groups is 2. The molecule has 2 heterocycles. The minimum absolute atomic E-state index is 0.0846. The van der Waals surface area contributed by atoms with E-state index in [-0.39, 0.29) is 17.9 Å². The van der Waals surface area contributed by atoms with Crippen molar-refractivity contribution in [3.8, 4) is 11.5 Å². The number of amides is 2. The van der Waals surface area contributed by atoms with Crippen LogP contribution >= 0.6 is 0 Å². The van der Waals surface area contributed by atoms with Gasteiger partial charge in [0.2, 0.25) is 5.91 Å². The fourth-order valence-corrected chi connectivity index (χ4v) is 3.23. The van der Waals surface area contributed by atoms with Gasteiger partial charge in [-0.05, 0) is 30.5 Å². The summed E-state index contributed by atoms with van der Waals surface area (Å²) in [6, 6.07) is 5.86. The van der Waals surface area contributed by atoms with Gasteiger partial charge in [-0.15, -0.1) is 0 Å². The third-order valence-corrected chi connectivity index (χ3v) is 4.77. The van der Waals surface area contributed by atoms with E-state index in [1.165, 1.54) is 0 Å². The summed E-state index contributed by atoms with van der Waals surface area (Å²) in [6.45, 7) is 7.44. The zero-order valence-electron chi connectivity index (χ0n) is 15.4. The first-order valence-electron chi connectivity index (χ1n) is 9.17. The van der Waals surface area contributed by atoms with E-state index in [1.54, 1.807) is 11.8 Å². The second-order valence-electron chi connectivity index (χ2n) is 6.58. The quantitative estimate of drug-likeness (QED) is 0.822. The fraction of sp³-hybridized carbons (Fsp3) is 0.579. The van der Waals surface area contributed by atoms with Crippen LogP contribution < -0.4 is 9.47 Å². The predicted molar refractivity (Wildman–Crippen MR) is 95.6 cm³/mol. The zero-order valence-corrected chi connectivity index (χ0v) is 15.4. The highest BCUT2D eigenvalue weighted by Crippen LogP contribution is 2.34. The van der Waals surface area contributed by atoms with Gasteiger partial charge < -0.3 is 24.0 Å². The molecule has 2 amide bonds. The van der Waals surface area contributed by atoms with Gasteiger partial charge in [-0.1, -0.05) is 13.0 Å². The van der Waals surface area contributed by atoms with Gasteiger partial charge in [-0.2, -0.15) is 0 Å². The lowest BCUT2D eigenvalue weighted by Crippen LogP contribution is -2.50. The van der Waals surface area contributed by atoms with E-state index >= 15 is 0 Å². The predicted octanol–water partition coefficient (Wildman–Crippen LogP) is 2.25. The molecule has 0 saturated carbocycles. The Morgan fingerprint density at radius 3 is 2.42 bits per heavy atom. The molecule has 1 aromatic rings. The Morgan fingerprint density at radius 1 is 1.08 bits per heavy atom. The average molecular weight is 362 g/mol. The molecule has 0 spiro atoms. The number of nitrogens with zero attached hydrogens (tertiary/aromatic N) is 2. The number of carbonyl (C=O) groups excluding carboxylic acids is 2. The van der Waals surface area contributed by atoms with Gasteiger partial charge in [0.25, 0.3) is 0 Å². The van der Waals surface area contributed by atoms with Crippen molar-refractivity contribution >= 4 is 12.0 Å². The summed E-state index contributed by atoms with van der Waals surface area (Å²) in [6.07, 6.45) is 0.128. The first-order chi connectivity index (χ1) is 12.6. The van der Waals surface area contributed by atoms with Crippen molar-refractivity contribution < 1.29 is 23.8 Å². The molecule has 1 saturated heterocycles. The Kier molecular flexibility index (Phi) is 5.85. The van der Waals surface area contributed by atoms with Crippen LogP contribution in [0.5, 0.6) is 11.5 Å². The van der Waals surface area contributed by atoms with Crippen LogP contribution in [0.4, 0.5) is 4.79 Å². The fourth-order valence-electron chi connectivity index (χ4n) is 3.23. The molecule has 0 bridgehead atoms. The Bertz CT molecular complexity index is 655. The number of piperazine rings is 1. The van der Waals surface area contributed by atoms with E-state index in [2.05, 4.69) is 0 Å². The standard InChI is InChI=1S/C19H26N2O5/c1-3-24-19(23)21-8-6-20(7-9-21)18(22)12-14(2)15-4-5-16-17(13-15)26-11-10-25-16/h4-5,13-14H,3,6-12H2,1-2H3.